The standard InChI is InChI=1S/C14H16N2O/c1-10-4-3-5-13(8-10)17-14-9-12(11(2)15)6-7-16-14/h3-9,11H,15H2,1-2H3/t11-/m1/s1. The van der Waals surface area contributed by atoms with E-state index in [1.54, 1.807) is 6.20 Å². The van der Waals surface area contributed by atoms with Crippen molar-refractivity contribution >= 4 is 0 Å². The van der Waals surface area contributed by atoms with Gasteiger partial charge in [-0.3, -0.25) is 0 Å². The summed E-state index contributed by atoms with van der Waals surface area (Å²) in [7, 11) is 0. The van der Waals surface area contributed by atoms with Crippen molar-refractivity contribution in [3.8, 4) is 11.6 Å². The number of rotatable bonds is 3. The summed E-state index contributed by atoms with van der Waals surface area (Å²) in [6.45, 7) is 3.96. The van der Waals surface area contributed by atoms with Crippen LogP contribution < -0.4 is 10.5 Å². The third kappa shape index (κ3) is 3.04. The van der Waals surface area contributed by atoms with Crippen molar-refractivity contribution in [3.05, 3.63) is 53.7 Å². The zero-order valence-electron chi connectivity index (χ0n) is 10.1. The lowest BCUT2D eigenvalue weighted by Crippen LogP contribution is -2.05. The number of ether oxygens (including phenoxy) is 1. The Hall–Kier alpha value is -1.87. The Bertz CT molecular complexity index is 509. The average Bonchev–Trinajstić information content (AvgIpc) is 2.29. The van der Waals surface area contributed by atoms with E-state index < -0.39 is 0 Å². The first-order chi connectivity index (χ1) is 8.15. The van der Waals surface area contributed by atoms with E-state index in [4.69, 9.17) is 10.5 Å². The summed E-state index contributed by atoms with van der Waals surface area (Å²) in [5, 5.41) is 0. The van der Waals surface area contributed by atoms with E-state index >= 15 is 0 Å². The Labute approximate surface area is 101 Å². The van der Waals surface area contributed by atoms with Crippen molar-refractivity contribution in [2.75, 3.05) is 0 Å². The number of pyridine rings is 1. The zero-order valence-corrected chi connectivity index (χ0v) is 10.1. The van der Waals surface area contributed by atoms with Crippen LogP contribution in [0.3, 0.4) is 0 Å². The molecule has 0 unspecified atom stereocenters. The maximum absolute atomic E-state index is 5.82. The van der Waals surface area contributed by atoms with Crippen LogP contribution in [0.5, 0.6) is 11.6 Å². The van der Waals surface area contributed by atoms with Gasteiger partial charge in [-0.05, 0) is 43.2 Å². The number of hydrogen-bond donors (Lipinski definition) is 1. The number of aryl methyl sites for hydroxylation is 1. The van der Waals surface area contributed by atoms with Crippen molar-refractivity contribution in [2.45, 2.75) is 19.9 Å². The van der Waals surface area contributed by atoms with Crippen LogP contribution in [0.2, 0.25) is 0 Å². The lowest BCUT2D eigenvalue weighted by Gasteiger charge is -2.09. The zero-order chi connectivity index (χ0) is 12.3. The van der Waals surface area contributed by atoms with E-state index in [0.29, 0.717) is 5.88 Å². The molecular weight excluding hydrogens is 212 g/mol. The minimum absolute atomic E-state index is 0.0159. The van der Waals surface area contributed by atoms with Gasteiger partial charge in [0, 0.05) is 18.3 Å². The highest BCUT2D eigenvalue weighted by atomic mass is 16.5. The van der Waals surface area contributed by atoms with Gasteiger partial charge in [0.15, 0.2) is 0 Å². The van der Waals surface area contributed by atoms with E-state index in [2.05, 4.69) is 4.98 Å². The van der Waals surface area contributed by atoms with Crippen LogP contribution in [0.1, 0.15) is 24.1 Å². The van der Waals surface area contributed by atoms with Gasteiger partial charge in [0.1, 0.15) is 5.75 Å². The molecule has 0 bridgehead atoms. The van der Waals surface area contributed by atoms with Gasteiger partial charge >= 0.3 is 0 Å². The Morgan fingerprint density at radius 2 is 2.06 bits per heavy atom. The minimum Gasteiger partial charge on any atom is -0.439 e. The Kier molecular flexibility index (Phi) is 3.40. The first-order valence-corrected chi connectivity index (χ1v) is 5.61. The fourth-order valence-electron chi connectivity index (χ4n) is 1.56. The molecule has 0 fully saturated rings. The topological polar surface area (TPSA) is 48.1 Å². The molecule has 3 heteroatoms. The van der Waals surface area contributed by atoms with Gasteiger partial charge in [-0.1, -0.05) is 12.1 Å². The van der Waals surface area contributed by atoms with Crippen molar-refractivity contribution < 1.29 is 4.74 Å². The summed E-state index contributed by atoms with van der Waals surface area (Å²) >= 11 is 0. The second kappa shape index (κ2) is 4.97. The van der Waals surface area contributed by atoms with E-state index in [1.807, 2.05) is 50.2 Å². The molecule has 0 aliphatic rings. The van der Waals surface area contributed by atoms with Crippen LogP contribution in [0.15, 0.2) is 42.6 Å². The number of aromatic nitrogens is 1. The van der Waals surface area contributed by atoms with E-state index in [0.717, 1.165) is 16.9 Å². The largest absolute Gasteiger partial charge is 0.439 e. The molecule has 1 heterocycles. The van der Waals surface area contributed by atoms with Gasteiger partial charge in [-0.25, -0.2) is 4.98 Å². The maximum Gasteiger partial charge on any atom is 0.219 e. The minimum atomic E-state index is -0.0159. The van der Waals surface area contributed by atoms with E-state index in [1.165, 1.54) is 0 Å². The number of benzene rings is 1. The third-order valence-corrected chi connectivity index (χ3v) is 2.50. The van der Waals surface area contributed by atoms with Crippen LogP contribution in [0, 0.1) is 6.92 Å². The predicted molar refractivity (Wildman–Crippen MR) is 68.1 cm³/mol. The second-order valence-electron chi connectivity index (χ2n) is 4.13. The fourth-order valence-corrected chi connectivity index (χ4v) is 1.56. The van der Waals surface area contributed by atoms with E-state index in [9.17, 15) is 0 Å². The quantitative estimate of drug-likeness (QED) is 0.877. The van der Waals surface area contributed by atoms with Crippen molar-refractivity contribution in [1.82, 2.24) is 4.98 Å². The van der Waals surface area contributed by atoms with E-state index in [-0.39, 0.29) is 6.04 Å². The first kappa shape index (κ1) is 11.6. The summed E-state index contributed by atoms with van der Waals surface area (Å²) in [6, 6.07) is 11.6. The number of hydrogen-bond acceptors (Lipinski definition) is 3. The first-order valence-electron chi connectivity index (χ1n) is 5.61. The smallest absolute Gasteiger partial charge is 0.219 e. The fraction of sp³-hybridized carbons (Fsp3) is 0.214. The molecule has 88 valence electrons. The Balaban J connectivity index is 2.21. The molecule has 0 aliphatic carbocycles. The highest BCUT2D eigenvalue weighted by molar-refractivity contribution is 5.32. The van der Waals surface area contributed by atoms with Gasteiger partial charge in [0.2, 0.25) is 5.88 Å². The molecule has 3 nitrogen and oxygen atoms in total. The predicted octanol–water partition coefficient (Wildman–Crippen LogP) is 3.20. The molecular formula is C14H16N2O. The average molecular weight is 228 g/mol. The lowest BCUT2D eigenvalue weighted by atomic mass is 10.1. The van der Waals surface area contributed by atoms with Gasteiger partial charge in [-0.15, -0.1) is 0 Å². The molecule has 0 saturated carbocycles. The number of nitrogens with two attached hydrogens (primary N) is 1. The highest BCUT2D eigenvalue weighted by Crippen LogP contribution is 2.22. The van der Waals surface area contributed by atoms with Crippen LogP contribution in [-0.4, -0.2) is 4.98 Å². The van der Waals surface area contributed by atoms with Gasteiger partial charge in [0.05, 0.1) is 0 Å². The Morgan fingerprint density at radius 3 is 2.76 bits per heavy atom. The Morgan fingerprint density at radius 1 is 1.24 bits per heavy atom. The van der Waals surface area contributed by atoms with Crippen molar-refractivity contribution in [3.63, 3.8) is 0 Å². The van der Waals surface area contributed by atoms with Gasteiger partial charge < -0.3 is 10.5 Å². The molecule has 0 amide bonds. The molecule has 0 saturated heterocycles. The molecule has 1 atom stereocenters. The highest BCUT2D eigenvalue weighted by Gasteiger charge is 2.03. The van der Waals surface area contributed by atoms with Crippen LogP contribution in [0.25, 0.3) is 0 Å². The monoisotopic (exact) mass is 228 g/mol. The summed E-state index contributed by atoms with van der Waals surface area (Å²) in [5.74, 6) is 1.37. The summed E-state index contributed by atoms with van der Waals surface area (Å²) in [5.41, 5.74) is 7.99. The van der Waals surface area contributed by atoms with Crippen molar-refractivity contribution in [1.29, 1.82) is 0 Å². The molecule has 2 N–H and O–H groups in total. The van der Waals surface area contributed by atoms with Crippen LogP contribution in [0.4, 0.5) is 0 Å². The van der Waals surface area contributed by atoms with Crippen molar-refractivity contribution in [2.24, 2.45) is 5.73 Å². The number of nitrogens with zero attached hydrogens (tertiary/aromatic N) is 1. The van der Waals surface area contributed by atoms with Crippen LogP contribution in [-0.2, 0) is 0 Å². The molecule has 0 aliphatic heterocycles. The molecule has 17 heavy (non-hydrogen) atoms. The summed E-state index contributed by atoms with van der Waals surface area (Å²) in [6.07, 6.45) is 1.71. The summed E-state index contributed by atoms with van der Waals surface area (Å²) < 4.78 is 5.68. The molecule has 2 aromatic rings. The SMILES string of the molecule is Cc1cccc(Oc2cc([C@@H](C)N)ccn2)c1. The third-order valence-electron chi connectivity index (χ3n) is 2.50. The molecule has 1 aromatic heterocycles. The lowest BCUT2D eigenvalue weighted by molar-refractivity contribution is 0.461. The second-order valence-corrected chi connectivity index (χ2v) is 4.13. The molecule has 0 spiro atoms. The molecule has 1 aromatic carbocycles. The van der Waals surface area contributed by atoms with Gasteiger partial charge in [0.25, 0.3) is 0 Å². The van der Waals surface area contributed by atoms with Gasteiger partial charge in [-0.2, -0.15) is 0 Å². The normalized spacial score (nSPS) is 12.2. The maximum atomic E-state index is 5.82. The molecule has 2 rings (SSSR count). The molecule has 0 radical (unpaired) electrons. The summed E-state index contributed by atoms with van der Waals surface area (Å²) in [4.78, 5) is 4.17. The van der Waals surface area contributed by atoms with Crippen LogP contribution >= 0.6 is 0 Å².